The number of nitrogens with zero attached hydrogens (tertiary/aromatic N) is 1. The molecule has 0 aliphatic carbocycles. The van der Waals surface area contributed by atoms with Crippen LogP contribution in [0.15, 0.2) is 24.4 Å². The second-order valence-electron chi connectivity index (χ2n) is 1.35. The first kappa shape index (κ1) is 2.05. The number of carbonyl (C=O) groups is 1. The molecule has 1 rings (SSSR count). The molecular weight excluding hydrogens is 130 g/mol. The molecule has 0 atom stereocenters. The van der Waals surface area contributed by atoms with Crippen LogP contribution in [0.1, 0.15) is 20.0 Å². The van der Waals surface area contributed by atoms with Crippen molar-refractivity contribution in [3.63, 3.8) is 0 Å². The molecule has 1 aromatic heterocycles. The van der Waals surface area contributed by atoms with E-state index in [2.05, 4.69) is 9.72 Å². The number of carbonyl (C=O) groups excluding carboxylic acids is 1. The van der Waals surface area contributed by atoms with Gasteiger partial charge in [-0.05, 0) is 12.1 Å². The predicted octanol–water partition coefficient (Wildman–Crippen LogP) is 0.868. The molecule has 0 fully saturated rings. The van der Waals surface area contributed by atoms with Gasteiger partial charge in [0.1, 0.15) is 0 Å². The first-order valence-electron chi connectivity index (χ1n) is 5.81. The molecule has 10 heavy (non-hydrogen) atoms. The number of ether oxygens (including phenoxy) is 1. The molecule has 1 aromatic rings. The number of aromatic nitrogens is 1. The molecule has 0 unspecified atom stereocenters. The monoisotopic (exact) mass is 144 g/mol. The van der Waals surface area contributed by atoms with Crippen LogP contribution in [0, 0.1) is 0 Å². The lowest BCUT2D eigenvalue weighted by molar-refractivity contribution is 0.0600. The van der Waals surface area contributed by atoms with Gasteiger partial charge in [-0.1, -0.05) is 0 Å². The Bertz CT molecular complexity index is 444. The summed E-state index contributed by atoms with van der Waals surface area (Å²) in [5.41, 5.74) is -0.744. The van der Waals surface area contributed by atoms with Crippen molar-refractivity contribution in [2.24, 2.45) is 0 Å². The Hall–Kier alpha value is -1.38. The Balaban J connectivity index is 3.27. The van der Waals surface area contributed by atoms with E-state index in [1.807, 2.05) is 0 Å². The average molecular weight is 144 g/mol. The quantitative estimate of drug-likeness (QED) is 0.549. The fraction of sp³-hybridized carbons (Fsp3) is 0.143. The Labute approximate surface area is 68.5 Å². The van der Waals surface area contributed by atoms with E-state index in [0.29, 0.717) is 0 Å². The van der Waals surface area contributed by atoms with Crippen LogP contribution in [0.25, 0.3) is 0 Å². The van der Waals surface area contributed by atoms with Gasteiger partial charge in [0, 0.05) is 12.3 Å². The van der Waals surface area contributed by atoms with E-state index in [1.165, 1.54) is 0 Å². The van der Waals surface area contributed by atoms with Gasteiger partial charge < -0.3 is 4.74 Å². The van der Waals surface area contributed by atoms with Gasteiger partial charge in [0.25, 0.3) is 0 Å². The molecule has 0 aliphatic rings. The van der Waals surface area contributed by atoms with Crippen LogP contribution in [-0.4, -0.2) is 18.0 Å². The summed E-state index contributed by atoms with van der Waals surface area (Å²) in [6.07, 6.45) is -1.38. The molecule has 0 amide bonds. The van der Waals surface area contributed by atoms with E-state index < -0.39 is 43.0 Å². The van der Waals surface area contributed by atoms with Gasteiger partial charge in [-0.15, -0.1) is 0 Å². The van der Waals surface area contributed by atoms with E-state index in [0.717, 1.165) is 0 Å². The number of esters is 1. The van der Waals surface area contributed by atoms with Gasteiger partial charge in [0.05, 0.1) is 22.2 Å². The van der Waals surface area contributed by atoms with Gasteiger partial charge in [0.2, 0.25) is 0 Å². The Morgan fingerprint density at radius 3 is 3.10 bits per heavy atom. The van der Waals surface area contributed by atoms with E-state index in [1.54, 1.807) is 0 Å². The van der Waals surface area contributed by atoms with Gasteiger partial charge in [0.15, 0.2) is 0 Å². The van der Waals surface area contributed by atoms with Crippen LogP contribution in [0.3, 0.4) is 0 Å². The molecule has 0 radical (unpaired) electrons. The maximum atomic E-state index is 11.4. The van der Waals surface area contributed by atoms with Crippen LogP contribution in [0.4, 0.5) is 0 Å². The molecule has 0 bridgehead atoms. The van der Waals surface area contributed by atoms with Crippen molar-refractivity contribution >= 4 is 5.97 Å². The smallest absolute Gasteiger partial charge is 0.337 e. The van der Waals surface area contributed by atoms with Crippen molar-refractivity contribution in [3.8, 4) is 0 Å². The highest BCUT2D eigenvalue weighted by Crippen LogP contribution is 1.96. The lowest BCUT2D eigenvalue weighted by atomic mass is 10.3. The van der Waals surface area contributed by atoms with E-state index in [9.17, 15) is 4.79 Å². The van der Waals surface area contributed by atoms with Crippen molar-refractivity contribution in [1.82, 2.24) is 4.98 Å². The summed E-state index contributed by atoms with van der Waals surface area (Å²) in [6, 6.07) is -1.47. The minimum atomic E-state index is -3.01. The molecular formula is C7H7NO2. The third kappa shape index (κ3) is 1.31. The minimum Gasteiger partial charge on any atom is -0.465 e. The summed E-state index contributed by atoms with van der Waals surface area (Å²) in [7, 11) is -3.01. The van der Waals surface area contributed by atoms with E-state index in [-0.39, 0.29) is 0 Å². The van der Waals surface area contributed by atoms with Gasteiger partial charge in [-0.3, -0.25) is 4.98 Å². The zero-order chi connectivity index (χ0) is 13.4. The molecule has 52 valence electrons. The molecule has 1 heterocycles. The van der Waals surface area contributed by atoms with Gasteiger partial charge in [-0.2, -0.15) is 0 Å². The van der Waals surface area contributed by atoms with Gasteiger partial charge in [-0.25, -0.2) is 4.79 Å². The second kappa shape index (κ2) is 2.96. The van der Waals surface area contributed by atoms with Crippen LogP contribution in [0.5, 0.6) is 0 Å². The summed E-state index contributed by atoms with van der Waals surface area (Å²) in [4.78, 5) is 14.6. The molecule has 0 aromatic carbocycles. The summed E-state index contributed by atoms with van der Waals surface area (Å²) < 4.78 is 53.2. The van der Waals surface area contributed by atoms with Crippen LogP contribution in [-0.2, 0) is 4.74 Å². The molecule has 0 aliphatic heterocycles. The number of hydrogen-bond donors (Lipinski definition) is 0. The second-order valence-corrected chi connectivity index (χ2v) is 1.35. The third-order valence-corrected chi connectivity index (χ3v) is 0.770. The first-order chi connectivity index (χ1) is 7.63. The Kier molecular flexibility index (Phi) is 0.607. The molecule has 0 saturated heterocycles. The average Bonchev–Trinajstić information content (AvgIpc) is 2.12. The van der Waals surface area contributed by atoms with Crippen LogP contribution >= 0.6 is 0 Å². The standard InChI is InChI=1S/C7H7NO2/c1-10-7(9)6-2-4-8-5-3-6/h2-5H,1H3/i1D3,2D,3D,4D,5D. The predicted molar refractivity (Wildman–Crippen MR) is 35.6 cm³/mol. The Morgan fingerprint density at radius 2 is 2.50 bits per heavy atom. The van der Waals surface area contributed by atoms with Crippen molar-refractivity contribution in [1.29, 1.82) is 0 Å². The van der Waals surface area contributed by atoms with Crippen molar-refractivity contribution in [2.75, 3.05) is 7.04 Å². The summed E-state index contributed by atoms with van der Waals surface area (Å²) in [5, 5.41) is 0. The lowest BCUT2D eigenvalue weighted by Crippen LogP contribution is -2.00. The highest BCUT2D eigenvalue weighted by molar-refractivity contribution is 5.88. The maximum Gasteiger partial charge on any atom is 0.337 e. The van der Waals surface area contributed by atoms with E-state index >= 15 is 0 Å². The maximum absolute atomic E-state index is 11.4. The first-order valence-corrected chi connectivity index (χ1v) is 2.31. The van der Waals surface area contributed by atoms with Crippen LogP contribution in [0.2, 0.25) is 0 Å². The highest BCUT2D eigenvalue weighted by atomic mass is 16.5. The van der Waals surface area contributed by atoms with E-state index in [4.69, 9.17) is 9.60 Å². The largest absolute Gasteiger partial charge is 0.465 e. The van der Waals surface area contributed by atoms with Crippen molar-refractivity contribution in [2.45, 2.75) is 0 Å². The van der Waals surface area contributed by atoms with Gasteiger partial charge >= 0.3 is 5.97 Å². The normalized spacial score (nSPS) is 20.2. The zero-order valence-electron chi connectivity index (χ0n) is 11.8. The topological polar surface area (TPSA) is 39.2 Å². The fourth-order valence-corrected chi connectivity index (χ4v) is 0.380. The summed E-state index contributed by atoms with van der Waals surface area (Å²) >= 11 is 0. The Morgan fingerprint density at radius 1 is 1.80 bits per heavy atom. The fourth-order valence-electron chi connectivity index (χ4n) is 0.380. The highest BCUT2D eigenvalue weighted by Gasteiger charge is 2.01. The molecule has 3 heteroatoms. The third-order valence-electron chi connectivity index (χ3n) is 0.770. The molecule has 0 spiro atoms. The SMILES string of the molecule is [2H]c1nc([2H])c([2H])c(C(=O)OC([2H])([2H])[2H])c1[2H]. The lowest BCUT2D eigenvalue weighted by Gasteiger charge is -1.95. The molecule has 0 N–H and O–H groups in total. The summed E-state index contributed by atoms with van der Waals surface area (Å²) in [6.45, 7) is 0. The van der Waals surface area contributed by atoms with Crippen molar-refractivity contribution < 1.29 is 19.1 Å². The summed E-state index contributed by atoms with van der Waals surface area (Å²) in [5.74, 6) is -1.44. The number of methoxy groups -OCH3 is 1. The number of hydrogen-bond acceptors (Lipinski definition) is 3. The minimum absolute atomic E-state index is 0.691. The number of pyridine rings is 1. The molecule has 0 saturated carbocycles. The van der Waals surface area contributed by atoms with Crippen molar-refractivity contribution in [3.05, 3.63) is 30.0 Å². The zero-order valence-corrected chi connectivity index (χ0v) is 4.76. The molecule has 3 nitrogen and oxygen atoms in total. The van der Waals surface area contributed by atoms with Crippen LogP contribution < -0.4 is 0 Å². The number of rotatable bonds is 1.